The second kappa shape index (κ2) is 13.9. The highest BCUT2D eigenvalue weighted by Crippen LogP contribution is 2.49. The summed E-state index contributed by atoms with van der Waals surface area (Å²) in [5.74, 6) is -0.617. The number of ether oxygens (including phenoxy) is 3. The van der Waals surface area contributed by atoms with Gasteiger partial charge in [-0.3, -0.25) is 19.4 Å². The fourth-order valence-electron chi connectivity index (χ4n) is 5.18. The number of fused-ring (bicyclic) bond motifs is 1. The Labute approximate surface area is 259 Å². The van der Waals surface area contributed by atoms with Crippen molar-refractivity contribution in [1.82, 2.24) is 4.98 Å². The number of carbonyl (C=O) groups is 3. The maximum absolute atomic E-state index is 15.3. The quantitative estimate of drug-likeness (QED) is 0.118. The van der Waals surface area contributed by atoms with E-state index in [9.17, 15) is 18.8 Å². The molecule has 0 spiro atoms. The third-order valence-electron chi connectivity index (χ3n) is 7.95. The molecule has 0 unspecified atom stereocenters. The SMILES string of the molecule is COc1cc2nccc(Oc3ccc(CC(=O)C4(C(=O)Cc5ccc(F)cc5)CC4)cc3F)c2cc1OCCCCC(=O)CO. The number of aliphatic hydroxyl groups excluding tert-OH is 1. The number of benzene rings is 3. The summed E-state index contributed by atoms with van der Waals surface area (Å²) in [5, 5.41) is 9.41. The first-order valence-electron chi connectivity index (χ1n) is 14.7. The fourth-order valence-corrected chi connectivity index (χ4v) is 5.18. The molecule has 0 bridgehead atoms. The highest BCUT2D eigenvalue weighted by Gasteiger charge is 2.54. The van der Waals surface area contributed by atoms with Crippen LogP contribution in [0.3, 0.4) is 0 Å². The molecule has 1 aromatic heterocycles. The van der Waals surface area contributed by atoms with Crippen LogP contribution in [0.4, 0.5) is 8.78 Å². The predicted molar refractivity (Wildman–Crippen MR) is 162 cm³/mol. The molecular formula is C35H33F2NO7. The van der Waals surface area contributed by atoms with E-state index >= 15 is 4.39 Å². The lowest BCUT2D eigenvalue weighted by molar-refractivity contribution is -0.134. The van der Waals surface area contributed by atoms with E-state index in [1.165, 1.54) is 49.7 Å². The predicted octanol–water partition coefficient (Wildman–Crippen LogP) is 6.13. The molecule has 234 valence electrons. The smallest absolute Gasteiger partial charge is 0.166 e. The van der Waals surface area contributed by atoms with Crippen molar-refractivity contribution in [2.45, 2.75) is 44.9 Å². The number of aliphatic hydroxyl groups is 1. The molecule has 0 saturated heterocycles. The van der Waals surface area contributed by atoms with Crippen molar-refractivity contribution >= 4 is 28.3 Å². The number of hydrogen-bond donors (Lipinski definition) is 1. The monoisotopic (exact) mass is 617 g/mol. The van der Waals surface area contributed by atoms with E-state index in [4.69, 9.17) is 19.3 Å². The van der Waals surface area contributed by atoms with Crippen molar-refractivity contribution in [3.8, 4) is 23.0 Å². The minimum atomic E-state index is -1.08. The van der Waals surface area contributed by atoms with Gasteiger partial charge in [-0.25, -0.2) is 8.78 Å². The first-order chi connectivity index (χ1) is 21.7. The summed E-state index contributed by atoms with van der Waals surface area (Å²) in [7, 11) is 1.50. The van der Waals surface area contributed by atoms with Gasteiger partial charge in [-0.2, -0.15) is 0 Å². The number of aromatic nitrogens is 1. The lowest BCUT2D eigenvalue weighted by atomic mass is 9.88. The van der Waals surface area contributed by atoms with Crippen LogP contribution < -0.4 is 14.2 Å². The van der Waals surface area contributed by atoms with Crippen molar-refractivity contribution in [2.75, 3.05) is 20.3 Å². The normalized spacial score (nSPS) is 13.3. The molecule has 0 atom stereocenters. The molecule has 0 radical (unpaired) electrons. The van der Waals surface area contributed by atoms with Gasteiger partial charge in [-0.15, -0.1) is 0 Å². The lowest BCUT2D eigenvalue weighted by Gasteiger charge is -2.15. The molecule has 1 aliphatic rings. The van der Waals surface area contributed by atoms with Crippen LogP contribution in [0.25, 0.3) is 10.9 Å². The topological polar surface area (TPSA) is 112 Å². The Hall–Kier alpha value is -4.70. The number of halogens is 2. The number of carbonyl (C=O) groups excluding carboxylic acids is 3. The van der Waals surface area contributed by atoms with Crippen LogP contribution in [0.5, 0.6) is 23.0 Å². The standard InChI is InChI=1S/C35H33F2NO7/c1-43-31-20-28-26(19-32(31)44-15-3-2-4-25(40)21-39)29(11-14-38-28)45-30-10-7-23(16-27(30)37)18-34(42)35(12-13-35)33(41)17-22-5-8-24(36)9-6-22/h5-11,14,16,19-20,39H,2-4,12-13,15,17-18,21H2,1H3. The van der Waals surface area contributed by atoms with Gasteiger partial charge in [0.25, 0.3) is 0 Å². The van der Waals surface area contributed by atoms with Gasteiger partial charge in [0.05, 0.1) is 24.6 Å². The summed E-state index contributed by atoms with van der Waals surface area (Å²) in [6.07, 6.45) is 3.79. The van der Waals surface area contributed by atoms with Gasteiger partial charge in [0.2, 0.25) is 0 Å². The molecule has 1 aliphatic carbocycles. The van der Waals surface area contributed by atoms with Crippen LogP contribution in [-0.2, 0) is 27.2 Å². The number of pyridine rings is 1. The molecule has 45 heavy (non-hydrogen) atoms. The van der Waals surface area contributed by atoms with E-state index in [-0.39, 0.29) is 42.4 Å². The summed E-state index contributed by atoms with van der Waals surface area (Å²) in [5.41, 5.74) is 0.522. The highest BCUT2D eigenvalue weighted by molar-refractivity contribution is 6.11. The average molecular weight is 618 g/mol. The summed E-state index contributed by atoms with van der Waals surface area (Å²) < 4.78 is 45.8. The van der Waals surface area contributed by atoms with Crippen molar-refractivity contribution in [3.05, 3.63) is 89.6 Å². The summed E-state index contributed by atoms with van der Waals surface area (Å²) in [6.45, 7) is -0.163. The van der Waals surface area contributed by atoms with Crippen LogP contribution in [0, 0.1) is 17.0 Å². The minimum Gasteiger partial charge on any atom is -0.493 e. The summed E-state index contributed by atoms with van der Waals surface area (Å²) >= 11 is 0. The second-order valence-corrected chi connectivity index (χ2v) is 11.1. The van der Waals surface area contributed by atoms with Crippen LogP contribution in [-0.4, -0.2) is 47.8 Å². The zero-order valence-electron chi connectivity index (χ0n) is 24.8. The Bertz CT molecular complexity index is 1720. The number of rotatable bonds is 16. The molecule has 4 aromatic rings. The number of ketones is 3. The number of Topliss-reactive ketones (excluding diaryl/α,β-unsaturated/α-hetero) is 3. The maximum atomic E-state index is 15.3. The fraction of sp³-hybridized carbons (Fsp3) is 0.314. The number of unbranched alkanes of at least 4 members (excludes halogenated alkanes) is 1. The van der Waals surface area contributed by atoms with Crippen LogP contribution in [0.15, 0.2) is 66.9 Å². The Morgan fingerprint density at radius 2 is 1.56 bits per heavy atom. The molecule has 1 saturated carbocycles. The van der Waals surface area contributed by atoms with Crippen LogP contribution in [0.1, 0.15) is 43.2 Å². The van der Waals surface area contributed by atoms with E-state index in [0.29, 0.717) is 71.6 Å². The molecule has 1 fully saturated rings. The first kappa shape index (κ1) is 31.7. The lowest BCUT2D eigenvalue weighted by Crippen LogP contribution is -2.28. The van der Waals surface area contributed by atoms with Gasteiger partial charge in [-0.05, 0) is 73.2 Å². The molecule has 8 nitrogen and oxygen atoms in total. The Morgan fingerprint density at radius 3 is 2.22 bits per heavy atom. The third-order valence-corrected chi connectivity index (χ3v) is 7.95. The first-order valence-corrected chi connectivity index (χ1v) is 14.7. The van der Waals surface area contributed by atoms with Crippen molar-refractivity contribution in [1.29, 1.82) is 0 Å². The Kier molecular flexibility index (Phi) is 9.83. The maximum Gasteiger partial charge on any atom is 0.166 e. The number of nitrogens with zero attached hydrogens (tertiary/aromatic N) is 1. The zero-order valence-corrected chi connectivity index (χ0v) is 24.8. The molecule has 5 rings (SSSR count). The van der Waals surface area contributed by atoms with Gasteiger partial charge in [0, 0.05) is 36.9 Å². The van der Waals surface area contributed by atoms with Crippen LogP contribution in [0.2, 0.25) is 0 Å². The van der Waals surface area contributed by atoms with Crippen molar-refractivity contribution in [2.24, 2.45) is 5.41 Å². The van der Waals surface area contributed by atoms with E-state index in [0.717, 1.165) is 0 Å². The summed E-state index contributed by atoms with van der Waals surface area (Å²) in [4.78, 5) is 41.8. The van der Waals surface area contributed by atoms with Crippen molar-refractivity contribution in [3.63, 3.8) is 0 Å². The van der Waals surface area contributed by atoms with Gasteiger partial charge in [-0.1, -0.05) is 18.2 Å². The Balaban J connectivity index is 1.26. The van der Waals surface area contributed by atoms with E-state index < -0.39 is 23.7 Å². The second-order valence-electron chi connectivity index (χ2n) is 11.1. The number of hydrogen-bond acceptors (Lipinski definition) is 8. The molecule has 10 heteroatoms. The molecule has 0 aliphatic heterocycles. The van der Waals surface area contributed by atoms with Gasteiger partial charge >= 0.3 is 0 Å². The average Bonchev–Trinajstić information content (AvgIpc) is 3.85. The van der Waals surface area contributed by atoms with Crippen LogP contribution >= 0.6 is 0 Å². The highest BCUT2D eigenvalue weighted by atomic mass is 19.1. The Morgan fingerprint density at radius 1 is 0.844 bits per heavy atom. The molecular weight excluding hydrogens is 584 g/mol. The molecule has 0 amide bonds. The van der Waals surface area contributed by atoms with E-state index in [1.807, 2.05) is 0 Å². The molecule has 1 N–H and O–H groups in total. The van der Waals surface area contributed by atoms with Gasteiger partial charge in [0.15, 0.2) is 40.4 Å². The number of methoxy groups -OCH3 is 1. The largest absolute Gasteiger partial charge is 0.493 e. The third kappa shape index (κ3) is 7.51. The molecule has 1 heterocycles. The van der Waals surface area contributed by atoms with Gasteiger partial charge < -0.3 is 19.3 Å². The van der Waals surface area contributed by atoms with Gasteiger partial charge in [0.1, 0.15) is 18.2 Å². The molecule has 3 aromatic carbocycles. The summed E-state index contributed by atoms with van der Waals surface area (Å²) in [6, 6.07) is 14.9. The minimum absolute atomic E-state index is 0.0390. The van der Waals surface area contributed by atoms with E-state index in [1.54, 1.807) is 24.3 Å². The zero-order chi connectivity index (χ0) is 32.0. The van der Waals surface area contributed by atoms with E-state index in [2.05, 4.69) is 4.98 Å². The van der Waals surface area contributed by atoms with Crippen molar-refractivity contribution < 1.29 is 42.5 Å².